The third-order valence-electron chi connectivity index (χ3n) is 6.18. The Labute approximate surface area is 263 Å². The fourth-order valence-electron chi connectivity index (χ4n) is 4.46. The first-order valence-electron chi connectivity index (χ1n) is 15.0. The maximum absolute atomic E-state index is 8.56. The van der Waals surface area contributed by atoms with E-state index in [2.05, 4.69) is 42.9 Å². The molecule has 0 aliphatic carbocycles. The average molecular weight is 736 g/mol. The average Bonchev–Trinajstić information content (AvgIpc) is 3.62. The minimum Gasteiger partial charge on any atom is -0.486 e. The second kappa shape index (κ2) is 12.0. The molecule has 0 N–H and O–H groups in total. The summed E-state index contributed by atoms with van der Waals surface area (Å²) >= 11 is 1.54. The number of benzene rings is 2. The summed E-state index contributed by atoms with van der Waals surface area (Å²) in [6, 6.07) is 33.0. The zero-order chi connectivity index (χ0) is 31.1. The van der Waals surface area contributed by atoms with Crippen LogP contribution in [0.2, 0.25) is 0 Å². The molecule has 0 bridgehead atoms. The summed E-state index contributed by atoms with van der Waals surface area (Å²) in [6.45, 7) is 3.90. The van der Waals surface area contributed by atoms with Crippen LogP contribution < -0.4 is 0 Å². The van der Waals surface area contributed by atoms with Gasteiger partial charge in [0.1, 0.15) is 4.83 Å². The zero-order valence-corrected chi connectivity index (χ0v) is 25.9. The van der Waals surface area contributed by atoms with Crippen molar-refractivity contribution in [2.45, 2.75) is 34.0 Å². The van der Waals surface area contributed by atoms with Gasteiger partial charge in [-0.1, -0.05) is 56.0 Å². The number of fused-ring (bicyclic) bond motifs is 4. The van der Waals surface area contributed by atoms with Gasteiger partial charge in [-0.25, -0.2) is 4.98 Å². The number of aromatic nitrogens is 3. The Hall–Kier alpha value is -3.70. The van der Waals surface area contributed by atoms with Crippen LogP contribution in [0, 0.1) is 24.4 Å². The van der Waals surface area contributed by atoms with Gasteiger partial charge in [-0.3, -0.25) is 4.98 Å². The Balaban J connectivity index is 0.000000258. The topological polar surface area (TPSA) is 51.8 Å². The van der Waals surface area contributed by atoms with E-state index in [1.807, 2.05) is 72.8 Å². The van der Waals surface area contributed by atoms with Crippen molar-refractivity contribution in [1.82, 2.24) is 15.0 Å². The molecule has 0 fully saturated rings. The van der Waals surface area contributed by atoms with Crippen molar-refractivity contribution in [2.24, 2.45) is 5.41 Å². The molecule has 5 aromatic heterocycles. The van der Waals surface area contributed by atoms with Crippen molar-refractivity contribution in [1.29, 1.82) is 0 Å². The van der Waals surface area contributed by atoms with Crippen LogP contribution in [0.15, 0.2) is 95.5 Å². The van der Waals surface area contributed by atoms with E-state index in [0.717, 1.165) is 37.1 Å². The largest absolute Gasteiger partial charge is 0.486 e. The summed E-state index contributed by atoms with van der Waals surface area (Å²) in [7, 11) is 0. The third-order valence-corrected chi connectivity index (χ3v) is 7.17. The second-order valence-electron chi connectivity index (χ2n) is 10.5. The first-order valence-corrected chi connectivity index (χ1v) is 13.8. The van der Waals surface area contributed by atoms with Crippen LogP contribution in [0.5, 0.6) is 0 Å². The molecule has 0 saturated carbocycles. The van der Waals surface area contributed by atoms with Crippen LogP contribution in [0.25, 0.3) is 54.8 Å². The van der Waals surface area contributed by atoms with E-state index in [-0.39, 0.29) is 43.3 Å². The van der Waals surface area contributed by atoms with Crippen LogP contribution in [0.3, 0.4) is 0 Å². The summed E-state index contributed by atoms with van der Waals surface area (Å²) in [6.07, 6.45) is 1.46. The smallest absolute Gasteiger partial charge is 0.216 e. The number of hydrogen-bond acceptors (Lipinski definition) is 5. The van der Waals surface area contributed by atoms with Gasteiger partial charge < -0.3 is 9.40 Å². The van der Waals surface area contributed by atoms with E-state index < -0.39 is 6.85 Å². The molecule has 207 valence electrons. The Kier molecular flexibility index (Phi) is 7.03. The molecule has 0 saturated heterocycles. The van der Waals surface area contributed by atoms with Gasteiger partial charge in [-0.05, 0) is 54.3 Å². The molecule has 4 nitrogen and oxygen atoms in total. The normalized spacial score (nSPS) is 13.8. The predicted molar refractivity (Wildman–Crippen MR) is 165 cm³/mol. The second-order valence-corrected chi connectivity index (χ2v) is 11.6. The van der Waals surface area contributed by atoms with Gasteiger partial charge in [0.25, 0.3) is 0 Å². The van der Waals surface area contributed by atoms with Gasteiger partial charge >= 0.3 is 0 Å². The van der Waals surface area contributed by atoms with Gasteiger partial charge in [0.15, 0.2) is 0 Å². The molecule has 0 amide bonds. The summed E-state index contributed by atoms with van der Waals surface area (Å²) in [4.78, 5) is 15.1. The van der Waals surface area contributed by atoms with E-state index >= 15 is 0 Å². The molecule has 2 aromatic carbocycles. The Morgan fingerprint density at radius 2 is 1.78 bits per heavy atom. The first kappa shape index (κ1) is 24.0. The first-order chi connectivity index (χ1) is 21.0. The summed E-state index contributed by atoms with van der Waals surface area (Å²) in [5.41, 5.74) is 4.14. The van der Waals surface area contributed by atoms with E-state index in [1.165, 1.54) is 17.4 Å². The third kappa shape index (κ3) is 6.46. The molecule has 0 aliphatic heterocycles. The molecule has 41 heavy (non-hydrogen) atoms. The zero-order valence-electron chi connectivity index (χ0n) is 26.7. The molecule has 5 heterocycles. The standard InChI is InChI=1S/C24H21N2OS.C11H8N.Ir/c1-14-8-10-18-17-6-5-7-19(21(17)27-22(18)25-14)20-11-9-15-12-16(13-24(2,3)4)28-23(15)26-20;1-2-6-10(7-3-1)11-8-4-5-9-12-11;/h5-6,8-12H,13H2,1-4H3;1-6,8-9H;/q2*-1;/i1D3,13D;;. The number of aryl methyl sites for hydroxylation is 1. The van der Waals surface area contributed by atoms with Crippen molar-refractivity contribution in [3.8, 4) is 22.5 Å². The van der Waals surface area contributed by atoms with Crippen molar-refractivity contribution in [3.63, 3.8) is 0 Å². The van der Waals surface area contributed by atoms with E-state index in [1.54, 1.807) is 12.3 Å². The maximum Gasteiger partial charge on any atom is 0.216 e. The van der Waals surface area contributed by atoms with Crippen molar-refractivity contribution in [2.75, 3.05) is 0 Å². The van der Waals surface area contributed by atoms with E-state index in [9.17, 15) is 0 Å². The molecular weight excluding hydrogens is 703 g/mol. The molecule has 7 aromatic rings. The molecule has 0 aliphatic rings. The van der Waals surface area contributed by atoms with Crippen LogP contribution >= 0.6 is 11.3 Å². The molecule has 0 spiro atoms. The van der Waals surface area contributed by atoms with Gasteiger partial charge in [-0.15, -0.1) is 65.4 Å². The number of hydrogen-bond donors (Lipinski definition) is 0. The SMILES string of the molecule is [2H]C(c1cc2ccc(-c3[c-]ccc4c3oc3nc(C([2H])([2H])[2H])ccc34)nc2s1)C(C)(C)C.[Ir].[c-]1ccccc1-c1ccccn1. The van der Waals surface area contributed by atoms with Crippen molar-refractivity contribution >= 4 is 43.6 Å². The number of rotatable bonds is 3. The van der Waals surface area contributed by atoms with Crippen LogP contribution in [-0.2, 0) is 26.5 Å². The fourth-order valence-corrected chi connectivity index (χ4v) is 5.67. The Bertz CT molecular complexity index is 2030. The fraction of sp³-hybridized carbons (Fsp3) is 0.171. The minimum absolute atomic E-state index is 0. The maximum atomic E-state index is 8.56. The predicted octanol–water partition coefficient (Wildman–Crippen LogP) is 9.50. The van der Waals surface area contributed by atoms with Crippen molar-refractivity contribution < 1.29 is 30.0 Å². The molecule has 6 heteroatoms. The molecule has 7 rings (SSSR count). The molecule has 1 unspecified atom stereocenters. The Morgan fingerprint density at radius 1 is 0.902 bits per heavy atom. The summed E-state index contributed by atoms with van der Waals surface area (Å²) in [5, 5.41) is 2.60. The van der Waals surface area contributed by atoms with Gasteiger partial charge in [-0.2, -0.15) is 0 Å². The van der Waals surface area contributed by atoms with E-state index in [0.29, 0.717) is 16.8 Å². The summed E-state index contributed by atoms with van der Waals surface area (Å²) < 4.78 is 37.4. The van der Waals surface area contributed by atoms with Gasteiger partial charge in [0, 0.05) is 53.1 Å². The van der Waals surface area contributed by atoms with Crippen molar-refractivity contribution in [3.05, 3.63) is 114 Å². The number of pyridine rings is 3. The van der Waals surface area contributed by atoms with Gasteiger partial charge in [0.2, 0.25) is 5.71 Å². The number of nitrogens with zero attached hydrogens (tertiary/aromatic N) is 3. The van der Waals surface area contributed by atoms with E-state index in [4.69, 9.17) is 14.9 Å². The molecule has 1 radical (unpaired) electrons. The summed E-state index contributed by atoms with van der Waals surface area (Å²) in [5.74, 6) is 0. The monoisotopic (exact) mass is 736 g/mol. The number of thiophene rings is 1. The number of furan rings is 1. The molecule has 1 atom stereocenters. The Morgan fingerprint density at radius 3 is 2.54 bits per heavy atom. The van der Waals surface area contributed by atoms with Gasteiger partial charge in [0.05, 0.1) is 5.58 Å². The van der Waals surface area contributed by atoms with Crippen LogP contribution in [0.4, 0.5) is 0 Å². The minimum atomic E-state index is -2.30. The molecular formula is C35H29IrN3OS-2. The van der Waals surface area contributed by atoms with Crippen LogP contribution in [0.1, 0.15) is 36.8 Å². The quantitative estimate of drug-likeness (QED) is 0.170. The van der Waals surface area contributed by atoms with Crippen LogP contribution in [-0.4, -0.2) is 15.0 Å².